The lowest BCUT2D eigenvalue weighted by atomic mass is 10.1. The Morgan fingerprint density at radius 3 is 2.48 bits per heavy atom. The van der Waals surface area contributed by atoms with E-state index < -0.39 is 25.8 Å². The SMILES string of the molecule is O=C(Cc1ccc(I)cc1)NCP(=O)(O)Oc1cccc(C(=O)O)c1. The smallest absolute Gasteiger partial charge is 0.395 e. The van der Waals surface area contributed by atoms with Crippen LogP contribution in [0, 0.1) is 3.57 Å². The van der Waals surface area contributed by atoms with Crippen molar-refractivity contribution in [2.75, 3.05) is 6.29 Å². The van der Waals surface area contributed by atoms with E-state index >= 15 is 0 Å². The van der Waals surface area contributed by atoms with Crippen molar-refractivity contribution in [1.29, 1.82) is 0 Å². The molecule has 1 atom stereocenters. The molecule has 0 heterocycles. The topological polar surface area (TPSA) is 113 Å². The molecule has 0 spiro atoms. The second-order valence-corrected chi connectivity index (χ2v) is 8.14. The van der Waals surface area contributed by atoms with Gasteiger partial charge in [0.05, 0.1) is 12.0 Å². The molecule has 7 nitrogen and oxygen atoms in total. The van der Waals surface area contributed by atoms with Crippen molar-refractivity contribution < 1.29 is 28.7 Å². The molecule has 0 saturated carbocycles. The third-order valence-electron chi connectivity index (χ3n) is 3.08. The third kappa shape index (κ3) is 6.49. The van der Waals surface area contributed by atoms with Crippen molar-refractivity contribution in [3.05, 3.63) is 63.2 Å². The molecule has 1 amide bonds. The van der Waals surface area contributed by atoms with E-state index in [4.69, 9.17) is 9.63 Å². The Kier molecular flexibility index (Phi) is 6.57. The van der Waals surface area contributed by atoms with Gasteiger partial charge in [-0.3, -0.25) is 4.79 Å². The molecule has 0 aliphatic rings. The average Bonchev–Trinajstić information content (AvgIpc) is 2.55. The summed E-state index contributed by atoms with van der Waals surface area (Å²) in [6.45, 7) is 0. The van der Waals surface area contributed by atoms with Crippen LogP contribution in [0.15, 0.2) is 48.5 Å². The molecule has 0 saturated heterocycles. The van der Waals surface area contributed by atoms with Crippen molar-refractivity contribution >= 4 is 42.1 Å². The average molecular weight is 475 g/mol. The van der Waals surface area contributed by atoms with E-state index in [9.17, 15) is 19.0 Å². The minimum absolute atomic E-state index is 0.0578. The van der Waals surface area contributed by atoms with Crippen LogP contribution in [0.3, 0.4) is 0 Å². The van der Waals surface area contributed by atoms with Crippen LogP contribution >= 0.6 is 30.2 Å². The number of hydrogen-bond donors (Lipinski definition) is 3. The molecule has 2 aromatic carbocycles. The molecule has 1 unspecified atom stereocenters. The molecule has 25 heavy (non-hydrogen) atoms. The second-order valence-electron chi connectivity index (χ2n) is 5.12. The number of carbonyl (C=O) groups is 2. The highest BCUT2D eigenvalue weighted by Gasteiger charge is 2.22. The van der Waals surface area contributed by atoms with E-state index in [1.54, 1.807) is 12.1 Å². The first-order valence-corrected chi connectivity index (χ1v) is 9.95. The molecule has 9 heteroatoms. The van der Waals surface area contributed by atoms with Gasteiger partial charge in [0.1, 0.15) is 12.0 Å². The molecule has 2 rings (SSSR count). The van der Waals surface area contributed by atoms with Gasteiger partial charge in [0.25, 0.3) is 0 Å². The number of rotatable bonds is 7. The van der Waals surface area contributed by atoms with Crippen LogP contribution in [0.1, 0.15) is 15.9 Å². The van der Waals surface area contributed by atoms with Gasteiger partial charge >= 0.3 is 13.6 Å². The Morgan fingerprint density at radius 2 is 1.84 bits per heavy atom. The molecule has 0 aromatic heterocycles. The van der Waals surface area contributed by atoms with Gasteiger partial charge in [-0.05, 0) is 58.5 Å². The van der Waals surface area contributed by atoms with Gasteiger partial charge in [-0.2, -0.15) is 0 Å². The molecule has 0 aliphatic carbocycles. The van der Waals surface area contributed by atoms with Crippen LogP contribution in [-0.2, 0) is 15.8 Å². The minimum atomic E-state index is -4.16. The summed E-state index contributed by atoms with van der Waals surface area (Å²) in [6, 6.07) is 12.6. The number of hydrogen-bond acceptors (Lipinski definition) is 4. The highest BCUT2D eigenvalue weighted by molar-refractivity contribution is 14.1. The summed E-state index contributed by atoms with van der Waals surface area (Å²) >= 11 is 2.15. The Morgan fingerprint density at radius 1 is 1.16 bits per heavy atom. The van der Waals surface area contributed by atoms with Gasteiger partial charge in [0.15, 0.2) is 0 Å². The molecule has 132 valence electrons. The first-order chi connectivity index (χ1) is 11.7. The third-order valence-corrected chi connectivity index (χ3v) is 4.86. The number of amides is 1. The fraction of sp³-hybridized carbons (Fsp3) is 0.125. The summed E-state index contributed by atoms with van der Waals surface area (Å²) in [7, 11) is -4.16. The molecule has 2 aromatic rings. The van der Waals surface area contributed by atoms with Gasteiger partial charge in [0.2, 0.25) is 5.91 Å². The quantitative estimate of drug-likeness (QED) is 0.420. The molecule has 0 fully saturated rings. The molecular formula is C16H15INO6P. The summed E-state index contributed by atoms with van der Waals surface area (Å²) in [5, 5.41) is 11.2. The number of aromatic carboxylic acids is 1. The standard InChI is InChI=1S/C16H15INO6P/c17-13-6-4-11(5-7-13)8-15(19)18-10-25(22,23)24-14-3-1-2-12(9-14)16(20)21/h1-7,9H,8,10H2,(H,18,19)(H,20,21)(H,22,23). The van der Waals surface area contributed by atoms with Crippen molar-refractivity contribution in [2.24, 2.45) is 0 Å². The Hall–Kier alpha value is -1.90. The van der Waals surface area contributed by atoms with Crippen LogP contribution < -0.4 is 9.84 Å². The maximum Gasteiger partial charge on any atom is 0.395 e. The summed E-state index contributed by atoms with van der Waals surface area (Å²) < 4.78 is 18.0. The Balaban J connectivity index is 1.91. The van der Waals surface area contributed by atoms with Crippen LogP contribution in [0.5, 0.6) is 5.75 Å². The van der Waals surface area contributed by atoms with Gasteiger partial charge in [-0.25, -0.2) is 9.36 Å². The van der Waals surface area contributed by atoms with Crippen molar-refractivity contribution in [1.82, 2.24) is 5.32 Å². The number of carboxylic acid groups (broad SMARTS) is 1. The summed E-state index contributed by atoms with van der Waals surface area (Å²) in [5.74, 6) is -1.65. The normalized spacial score (nSPS) is 12.9. The van der Waals surface area contributed by atoms with Crippen molar-refractivity contribution in [3.63, 3.8) is 0 Å². The number of benzene rings is 2. The number of nitrogens with one attached hydrogen (secondary N) is 1. The molecular weight excluding hydrogens is 460 g/mol. The summed E-state index contributed by atoms with van der Waals surface area (Å²) in [5.41, 5.74) is 0.709. The largest absolute Gasteiger partial charge is 0.478 e. The molecule has 0 bridgehead atoms. The fourth-order valence-corrected chi connectivity index (χ4v) is 3.16. The maximum absolute atomic E-state index is 12.0. The lowest BCUT2D eigenvalue weighted by molar-refractivity contribution is -0.120. The van der Waals surface area contributed by atoms with E-state index in [1.807, 2.05) is 12.1 Å². The van der Waals surface area contributed by atoms with E-state index in [2.05, 4.69) is 27.9 Å². The van der Waals surface area contributed by atoms with E-state index in [0.717, 1.165) is 15.2 Å². The van der Waals surface area contributed by atoms with Gasteiger partial charge < -0.3 is 19.8 Å². The summed E-state index contributed by atoms with van der Waals surface area (Å²) in [6.07, 6.45) is -0.501. The van der Waals surface area contributed by atoms with Gasteiger partial charge in [-0.1, -0.05) is 18.2 Å². The lowest BCUT2D eigenvalue weighted by Gasteiger charge is -2.14. The predicted octanol–water partition coefficient (Wildman–Crippen LogP) is 2.87. The maximum atomic E-state index is 12.0. The van der Waals surface area contributed by atoms with Crippen LogP contribution in [0.2, 0.25) is 0 Å². The second kappa shape index (κ2) is 8.46. The van der Waals surface area contributed by atoms with Crippen molar-refractivity contribution in [2.45, 2.75) is 6.42 Å². The van der Waals surface area contributed by atoms with E-state index in [0.29, 0.717) is 0 Å². The van der Waals surface area contributed by atoms with Crippen molar-refractivity contribution in [3.8, 4) is 5.75 Å². The zero-order valence-corrected chi connectivity index (χ0v) is 15.9. The Bertz CT molecular complexity index is 824. The lowest BCUT2D eigenvalue weighted by Crippen LogP contribution is -2.27. The highest BCUT2D eigenvalue weighted by atomic mass is 127. The summed E-state index contributed by atoms with van der Waals surface area (Å²) in [4.78, 5) is 32.6. The Labute approximate surface area is 157 Å². The first kappa shape index (κ1) is 19.4. The highest BCUT2D eigenvalue weighted by Crippen LogP contribution is 2.41. The number of carboxylic acids is 1. The van der Waals surface area contributed by atoms with Gasteiger partial charge in [-0.15, -0.1) is 0 Å². The molecule has 0 aliphatic heterocycles. The van der Waals surface area contributed by atoms with Crippen LogP contribution in [0.25, 0.3) is 0 Å². The predicted molar refractivity (Wildman–Crippen MR) is 99.7 cm³/mol. The van der Waals surface area contributed by atoms with Crippen LogP contribution in [-0.4, -0.2) is 28.2 Å². The van der Waals surface area contributed by atoms with Crippen LogP contribution in [0.4, 0.5) is 0 Å². The number of carbonyl (C=O) groups excluding carboxylic acids is 1. The molecule has 3 N–H and O–H groups in total. The zero-order valence-electron chi connectivity index (χ0n) is 12.9. The van der Waals surface area contributed by atoms with E-state index in [-0.39, 0.29) is 17.7 Å². The first-order valence-electron chi connectivity index (χ1n) is 7.11. The monoisotopic (exact) mass is 475 g/mol. The number of halogens is 1. The zero-order chi connectivity index (χ0) is 18.4. The van der Waals surface area contributed by atoms with Gasteiger partial charge in [0, 0.05) is 3.57 Å². The molecule has 0 radical (unpaired) electrons. The van der Waals surface area contributed by atoms with E-state index in [1.165, 1.54) is 18.2 Å². The minimum Gasteiger partial charge on any atom is -0.478 e. The fourth-order valence-electron chi connectivity index (χ4n) is 1.92.